The summed E-state index contributed by atoms with van der Waals surface area (Å²) in [5.41, 5.74) is 3.39. The zero-order chi connectivity index (χ0) is 17.3. The molecule has 2 heterocycles. The van der Waals surface area contributed by atoms with E-state index in [1.165, 1.54) is 0 Å². The van der Waals surface area contributed by atoms with Crippen LogP contribution in [0.4, 0.5) is 0 Å². The number of aryl methyl sites for hydroxylation is 2. The summed E-state index contributed by atoms with van der Waals surface area (Å²) < 4.78 is 6.91. The molecule has 24 heavy (non-hydrogen) atoms. The first-order valence-corrected chi connectivity index (χ1v) is 7.66. The van der Waals surface area contributed by atoms with Gasteiger partial charge in [-0.15, -0.1) is 0 Å². The Morgan fingerprint density at radius 1 is 1.25 bits per heavy atom. The minimum atomic E-state index is -0.140. The first-order valence-electron chi connectivity index (χ1n) is 7.66. The number of amides is 1. The van der Waals surface area contributed by atoms with Crippen LogP contribution in [-0.4, -0.2) is 25.8 Å². The molecule has 2 aromatic heterocycles. The van der Waals surface area contributed by atoms with Crippen LogP contribution in [-0.2, 0) is 7.05 Å². The van der Waals surface area contributed by atoms with Crippen LogP contribution in [0.5, 0.6) is 0 Å². The lowest BCUT2D eigenvalue weighted by molar-refractivity contribution is 0.0940. The van der Waals surface area contributed by atoms with E-state index < -0.39 is 0 Å². The molecule has 0 saturated carbocycles. The van der Waals surface area contributed by atoms with E-state index in [-0.39, 0.29) is 11.9 Å². The molecule has 0 saturated heterocycles. The van der Waals surface area contributed by atoms with Crippen LogP contribution in [0, 0.1) is 13.8 Å². The van der Waals surface area contributed by atoms with Gasteiger partial charge in [-0.25, -0.2) is 0 Å². The second kappa shape index (κ2) is 6.27. The smallest absolute Gasteiger partial charge is 0.257 e. The maximum atomic E-state index is 12.4. The molecule has 3 aromatic rings. The lowest BCUT2D eigenvalue weighted by Crippen LogP contribution is -2.26. The van der Waals surface area contributed by atoms with Gasteiger partial charge in [-0.1, -0.05) is 5.16 Å². The SMILES string of the molecule is Cc1noc(-c2ccc(C(=O)N[C@@H](C)c3cnn(C)c3C)cc2)n1. The molecule has 7 heteroatoms. The largest absolute Gasteiger partial charge is 0.345 e. The Labute approximate surface area is 139 Å². The van der Waals surface area contributed by atoms with Crippen LogP contribution in [0.2, 0.25) is 0 Å². The third-order valence-electron chi connectivity index (χ3n) is 4.01. The zero-order valence-corrected chi connectivity index (χ0v) is 14.1. The fourth-order valence-electron chi connectivity index (χ4n) is 2.48. The van der Waals surface area contributed by atoms with Crippen molar-refractivity contribution in [1.82, 2.24) is 25.2 Å². The third kappa shape index (κ3) is 3.05. The minimum absolute atomic E-state index is 0.121. The summed E-state index contributed by atoms with van der Waals surface area (Å²) in [5, 5.41) is 11.0. The third-order valence-corrected chi connectivity index (χ3v) is 4.01. The lowest BCUT2D eigenvalue weighted by atomic mass is 10.1. The van der Waals surface area contributed by atoms with Crippen LogP contribution < -0.4 is 5.32 Å². The Balaban J connectivity index is 1.72. The Bertz CT molecular complexity index is 863. The molecule has 0 spiro atoms. The summed E-state index contributed by atoms with van der Waals surface area (Å²) >= 11 is 0. The number of benzene rings is 1. The Morgan fingerprint density at radius 3 is 2.50 bits per heavy atom. The second-order valence-electron chi connectivity index (χ2n) is 5.73. The van der Waals surface area contributed by atoms with Crippen molar-refractivity contribution >= 4 is 5.91 Å². The molecular weight excluding hydrogens is 306 g/mol. The highest BCUT2D eigenvalue weighted by Gasteiger charge is 2.16. The normalized spacial score (nSPS) is 12.2. The summed E-state index contributed by atoms with van der Waals surface area (Å²) in [6.45, 7) is 5.68. The number of nitrogens with zero attached hydrogens (tertiary/aromatic N) is 4. The Morgan fingerprint density at radius 2 is 1.96 bits per heavy atom. The van der Waals surface area contributed by atoms with Crippen molar-refractivity contribution in [2.75, 3.05) is 0 Å². The van der Waals surface area contributed by atoms with Crippen LogP contribution in [0.15, 0.2) is 35.0 Å². The first kappa shape index (κ1) is 15.9. The maximum Gasteiger partial charge on any atom is 0.257 e. The minimum Gasteiger partial charge on any atom is -0.345 e. The van der Waals surface area contributed by atoms with E-state index in [0.29, 0.717) is 17.3 Å². The average molecular weight is 325 g/mol. The molecule has 0 radical (unpaired) electrons. The van der Waals surface area contributed by atoms with Gasteiger partial charge in [0, 0.05) is 29.4 Å². The summed E-state index contributed by atoms with van der Waals surface area (Å²) in [5.74, 6) is 0.880. The topological polar surface area (TPSA) is 85.8 Å². The molecule has 0 aliphatic carbocycles. The van der Waals surface area contributed by atoms with Crippen LogP contribution in [0.3, 0.4) is 0 Å². The van der Waals surface area contributed by atoms with E-state index in [9.17, 15) is 4.79 Å². The molecule has 1 N–H and O–H groups in total. The van der Waals surface area contributed by atoms with Crippen LogP contribution in [0.1, 0.15) is 40.4 Å². The number of aromatic nitrogens is 4. The van der Waals surface area contributed by atoms with Gasteiger partial charge >= 0.3 is 0 Å². The van der Waals surface area contributed by atoms with Gasteiger partial charge in [-0.3, -0.25) is 9.48 Å². The van der Waals surface area contributed by atoms with Crippen molar-refractivity contribution in [2.24, 2.45) is 7.05 Å². The molecule has 1 aromatic carbocycles. The highest BCUT2D eigenvalue weighted by atomic mass is 16.5. The van der Waals surface area contributed by atoms with Crippen molar-refractivity contribution in [1.29, 1.82) is 0 Å². The molecule has 0 aliphatic heterocycles. The number of nitrogens with one attached hydrogen (secondary N) is 1. The predicted molar refractivity (Wildman–Crippen MR) is 88.3 cm³/mol. The number of rotatable bonds is 4. The highest BCUT2D eigenvalue weighted by molar-refractivity contribution is 5.94. The monoisotopic (exact) mass is 325 g/mol. The van der Waals surface area contributed by atoms with E-state index in [2.05, 4.69) is 20.6 Å². The van der Waals surface area contributed by atoms with Gasteiger partial charge in [0.1, 0.15) is 0 Å². The van der Waals surface area contributed by atoms with Gasteiger partial charge in [0.25, 0.3) is 11.8 Å². The van der Waals surface area contributed by atoms with Crippen molar-refractivity contribution in [3.05, 3.63) is 53.1 Å². The molecule has 7 nitrogen and oxygen atoms in total. The molecular formula is C17H19N5O2. The number of hydrogen-bond acceptors (Lipinski definition) is 5. The molecule has 0 bridgehead atoms. The molecule has 1 atom stereocenters. The van der Waals surface area contributed by atoms with Gasteiger partial charge in [0.15, 0.2) is 5.82 Å². The van der Waals surface area contributed by atoms with Crippen molar-refractivity contribution < 1.29 is 9.32 Å². The summed E-state index contributed by atoms with van der Waals surface area (Å²) in [4.78, 5) is 16.6. The Hall–Kier alpha value is -2.96. The molecule has 0 fully saturated rings. The second-order valence-corrected chi connectivity index (χ2v) is 5.73. The molecule has 124 valence electrons. The quantitative estimate of drug-likeness (QED) is 0.797. The summed E-state index contributed by atoms with van der Waals surface area (Å²) in [6.07, 6.45) is 1.78. The lowest BCUT2D eigenvalue weighted by Gasteiger charge is -2.14. The van der Waals surface area contributed by atoms with Gasteiger partial charge in [-0.05, 0) is 45.0 Å². The van der Waals surface area contributed by atoms with E-state index in [1.54, 1.807) is 42.1 Å². The van der Waals surface area contributed by atoms with E-state index in [1.807, 2.05) is 20.9 Å². The van der Waals surface area contributed by atoms with Crippen LogP contribution in [0.25, 0.3) is 11.5 Å². The molecule has 3 rings (SSSR count). The number of hydrogen-bond donors (Lipinski definition) is 1. The standard InChI is InChI=1S/C17H19N5O2/c1-10(15-9-18-22(4)11(15)2)19-16(23)13-5-7-14(8-6-13)17-20-12(3)21-24-17/h5-10H,1-4H3,(H,19,23)/t10-/m0/s1. The molecule has 1 amide bonds. The maximum absolute atomic E-state index is 12.4. The Kier molecular flexibility index (Phi) is 4.16. The van der Waals surface area contributed by atoms with Crippen LogP contribution >= 0.6 is 0 Å². The summed E-state index contributed by atoms with van der Waals surface area (Å²) in [6, 6.07) is 6.95. The highest BCUT2D eigenvalue weighted by Crippen LogP contribution is 2.19. The summed E-state index contributed by atoms with van der Waals surface area (Å²) in [7, 11) is 1.88. The average Bonchev–Trinajstić information content (AvgIpc) is 3.14. The van der Waals surface area contributed by atoms with Gasteiger partial charge < -0.3 is 9.84 Å². The van der Waals surface area contributed by atoms with Gasteiger partial charge in [0.05, 0.1) is 12.2 Å². The van der Waals surface area contributed by atoms with Crippen molar-refractivity contribution in [3.8, 4) is 11.5 Å². The number of carbonyl (C=O) groups excluding carboxylic acids is 1. The zero-order valence-electron chi connectivity index (χ0n) is 14.1. The fourth-order valence-corrected chi connectivity index (χ4v) is 2.48. The van der Waals surface area contributed by atoms with Crippen molar-refractivity contribution in [2.45, 2.75) is 26.8 Å². The fraction of sp³-hybridized carbons (Fsp3) is 0.294. The molecule has 0 unspecified atom stereocenters. The van der Waals surface area contributed by atoms with Gasteiger partial charge in [0.2, 0.25) is 0 Å². The van der Waals surface area contributed by atoms with E-state index in [4.69, 9.17) is 4.52 Å². The predicted octanol–water partition coefficient (Wildman–Crippen LogP) is 2.58. The first-order chi connectivity index (χ1) is 11.5. The van der Waals surface area contributed by atoms with E-state index >= 15 is 0 Å². The van der Waals surface area contributed by atoms with Gasteiger partial charge in [-0.2, -0.15) is 10.1 Å². The van der Waals surface area contributed by atoms with E-state index in [0.717, 1.165) is 16.8 Å². The number of carbonyl (C=O) groups is 1. The van der Waals surface area contributed by atoms with Crippen molar-refractivity contribution in [3.63, 3.8) is 0 Å². The molecule has 0 aliphatic rings.